The highest BCUT2D eigenvalue weighted by atomic mass is 16.2. The number of nitriles is 1. The number of aryl methyl sites for hydroxylation is 1. The van der Waals surface area contributed by atoms with Crippen molar-refractivity contribution in [3.8, 4) is 11.8 Å². The van der Waals surface area contributed by atoms with Gasteiger partial charge < -0.3 is 10.0 Å². The van der Waals surface area contributed by atoms with E-state index in [-0.39, 0.29) is 18.4 Å². The van der Waals surface area contributed by atoms with Crippen LogP contribution in [0.25, 0.3) is 16.7 Å². The van der Waals surface area contributed by atoms with E-state index in [9.17, 15) is 10.1 Å². The number of carbonyl (C=O) groups is 1. The summed E-state index contributed by atoms with van der Waals surface area (Å²) in [5, 5.41) is 23.9. The van der Waals surface area contributed by atoms with Crippen molar-refractivity contribution in [2.24, 2.45) is 0 Å². The van der Waals surface area contributed by atoms with Gasteiger partial charge >= 0.3 is 0 Å². The van der Waals surface area contributed by atoms with Crippen molar-refractivity contribution >= 4 is 16.9 Å². The first-order chi connectivity index (χ1) is 13.6. The maximum atomic E-state index is 12.0. The molecule has 1 aliphatic rings. The van der Waals surface area contributed by atoms with E-state index in [0.29, 0.717) is 24.3 Å². The zero-order chi connectivity index (χ0) is 19.7. The van der Waals surface area contributed by atoms with Crippen LogP contribution in [0.2, 0.25) is 0 Å². The summed E-state index contributed by atoms with van der Waals surface area (Å²) in [5.41, 5.74) is 3.99. The molecule has 0 bridgehead atoms. The van der Waals surface area contributed by atoms with Crippen LogP contribution >= 0.6 is 0 Å². The molecule has 7 heteroatoms. The van der Waals surface area contributed by atoms with Crippen LogP contribution in [0.3, 0.4) is 0 Å². The number of benzene rings is 1. The standard InChI is InChI=1S/C21H19N5O2/c1-14-4-6-17(7-5-14)26-21-19(15(11-22)8-9-23-21)20(24-26)16-12-25(13-16)18(28)3-2-10-27/h2-9,16,27H,10,12-13H2,1H3/b3-2+. The molecule has 7 nitrogen and oxygen atoms in total. The van der Waals surface area contributed by atoms with E-state index in [1.54, 1.807) is 21.8 Å². The molecule has 0 unspecified atom stereocenters. The van der Waals surface area contributed by atoms with Gasteiger partial charge in [-0.25, -0.2) is 9.67 Å². The predicted molar refractivity (Wildman–Crippen MR) is 104 cm³/mol. The number of aliphatic hydroxyl groups excluding tert-OH is 1. The Balaban J connectivity index is 1.73. The highest BCUT2D eigenvalue weighted by Crippen LogP contribution is 2.34. The Kier molecular flexibility index (Phi) is 4.63. The SMILES string of the molecule is Cc1ccc(-n2nc(C3CN(C(=O)/C=C/CO)C3)c3c(C#N)ccnc32)cc1. The largest absolute Gasteiger partial charge is 0.392 e. The Hall–Kier alpha value is -3.50. The van der Waals surface area contributed by atoms with Gasteiger partial charge in [0.1, 0.15) is 6.07 Å². The topological polar surface area (TPSA) is 95.0 Å². The monoisotopic (exact) mass is 373 g/mol. The molecule has 1 aromatic carbocycles. The molecule has 3 heterocycles. The molecule has 1 saturated heterocycles. The normalized spacial score (nSPS) is 14.4. The number of hydrogen-bond donors (Lipinski definition) is 1. The summed E-state index contributed by atoms with van der Waals surface area (Å²) in [7, 11) is 0. The summed E-state index contributed by atoms with van der Waals surface area (Å²) in [5.74, 6) is -0.0943. The predicted octanol–water partition coefficient (Wildman–Crippen LogP) is 2.07. The number of hydrogen-bond acceptors (Lipinski definition) is 5. The maximum Gasteiger partial charge on any atom is 0.246 e. The van der Waals surface area contributed by atoms with Crippen molar-refractivity contribution in [2.45, 2.75) is 12.8 Å². The van der Waals surface area contributed by atoms with Gasteiger partial charge in [0.05, 0.1) is 28.9 Å². The summed E-state index contributed by atoms with van der Waals surface area (Å²) in [4.78, 5) is 18.2. The first-order valence-corrected chi connectivity index (χ1v) is 9.03. The minimum atomic E-state index is -0.161. The summed E-state index contributed by atoms with van der Waals surface area (Å²) in [6, 6.07) is 11.9. The molecule has 1 amide bonds. The second-order valence-electron chi connectivity index (χ2n) is 6.83. The first kappa shape index (κ1) is 17.9. The van der Waals surface area contributed by atoms with Crippen LogP contribution in [0, 0.1) is 18.3 Å². The second kappa shape index (κ2) is 7.25. The first-order valence-electron chi connectivity index (χ1n) is 9.03. The molecule has 4 rings (SSSR count). The third kappa shape index (κ3) is 3.04. The van der Waals surface area contributed by atoms with E-state index in [2.05, 4.69) is 11.1 Å². The van der Waals surface area contributed by atoms with Gasteiger partial charge in [0.25, 0.3) is 0 Å². The van der Waals surface area contributed by atoms with Crippen molar-refractivity contribution in [2.75, 3.05) is 19.7 Å². The van der Waals surface area contributed by atoms with Gasteiger partial charge in [-0.2, -0.15) is 10.4 Å². The van der Waals surface area contributed by atoms with E-state index in [4.69, 9.17) is 10.2 Å². The van der Waals surface area contributed by atoms with E-state index < -0.39 is 0 Å². The lowest BCUT2D eigenvalue weighted by atomic mass is 9.93. The number of nitrogens with zero attached hydrogens (tertiary/aromatic N) is 5. The third-order valence-electron chi connectivity index (χ3n) is 4.94. The summed E-state index contributed by atoms with van der Waals surface area (Å²) >= 11 is 0. The van der Waals surface area contributed by atoms with E-state index in [1.807, 2.05) is 31.2 Å². The number of amides is 1. The smallest absolute Gasteiger partial charge is 0.246 e. The fourth-order valence-corrected chi connectivity index (χ4v) is 3.40. The number of aliphatic hydroxyl groups is 1. The molecule has 28 heavy (non-hydrogen) atoms. The number of pyridine rings is 1. The summed E-state index contributed by atoms with van der Waals surface area (Å²) in [6.07, 6.45) is 4.42. The van der Waals surface area contributed by atoms with E-state index in [0.717, 1.165) is 22.3 Å². The van der Waals surface area contributed by atoms with Gasteiger partial charge in [0, 0.05) is 31.3 Å². The molecule has 2 aromatic heterocycles. The minimum absolute atomic E-state index is 0.0389. The van der Waals surface area contributed by atoms with Crippen LogP contribution in [-0.4, -0.2) is 50.4 Å². The fraction of sp³-hybridized carbons (Fsp3) is 0.238. The Morgan fingerprint density at radius 1 is 1.32 bits per heavy atom. The number of likely N-dealkylation sites (tertiary alicyclic amines) is 1. The Morgan fingerprint density at radius 3 is 2.75 bits per heavy atom. The molecule has 1 fully saturated rings. The third-order valence-corrected chi connectivity index (χ3v) is 4.94. The van der Waals surface area contributed by atoms with E-state index in [1.165, 1.54) is 12.2 Å². The lowest BCUT2D eigenvalue weighted by Gasteiger charge is -2.37. The molecule has 140 valence electrons. The molecule has 0 spiro atoms. The Labute approximate surface area is 162 Å². The summed E-state index contributed by atoms with van der Waals surface area (Å²) < 4.78 is 1.76. The van der Waals surface area contributed by atoms with Gasteiger partial charge in [-0.05, 0) is 25.1 Å². The Morgan fingerprint density at radius 2 is 2.07 bits per heavy atom. The highest BCUT2D eigenvalue weighted by molar-refractivity contribution is 5.90. The van der Waals surface area contributed by atoms with Crippen molar-refractivity contribution in [1.82, 2.24) is 19.7 Å². The number of aromatic nitrogens is 3. The zero-order valence-corrected chi connectivity index (χ0v) is 15.4. The number of fused-ring (bicyclic) bond motifs is 1. The molecular formula is C21H19N5O2. The van der Waals surface area contributed by atoms with Crippen molar-refractivity contribution in [1.29, 1.82) is 5.26 Å². The van der Waals surface area contributed by atoms with Crippen LogP contribution < -0.4 is 0 Å². The van der Waals surface area contributed by atoms with Crippen LogP contribution in [0.5, 0.6) is 0 Å². The molecule has 0 atom stereocenters. The van der Waals surface area contributed by atoms with Crippen LogP contribution in [0.15, 0.2) is 48.7 Å². The average Bonchev–Trinajstić information content (AvgIpc) is 3.05. The second-order valence-corrected chi connectivity index (χ2v) is 6.83. The maximum absolute atomic E-state index is 12.0. The fourth-order valence-electron chi connectivity index (χ4n) is 3.40. The van der Waals surface area contributed by atoms with Crippen molar-refractivity contribution in [3.63, 3.8) is 0 Å². The van der Waals surface area contributed by atoms with Crippen molar-refractivity contribution < 1.29 is 9.90 Å². The van der Waals surface area contributed by atoms with Crippen LogP contribution in [0.1, 0.15) is 22.7 Å². The quantitative estimate of drug-likeness (QED) is 0.707. The van der Waals surface area contributed by atoms with Crippen LogP contribution in [0.4, 0.5) is 0 Å². The highest BCUT2D eigenvalue weighted by Gasteiger charge is 2.35. The molecule has 1 aliphatic heterocycles. The average molecular weight is 373 g/mol. The molecule has 3 aromatic rings. The van der Waals surface area contributed by atoms with Gasteiger partial charge in [0.15, 0.2) is 5.65 Å². The van der Waals surface area contributed by atoms with Gasteiger partial charge in [-0.1, -0.05) is 23.8 Å². The minimum Gasteiger partial charge on any atom is -0.392 e. The van der Waals surface area contributed by atoms with Gasteiger partial charge in [-0.15, -0.1) is 0 Å². The molecule has 0 radical (unpaired) electrons. The molecule has 1 N–H and O–H groups in total. The van der Waals surface area contributed by atoms with E-state index >= 15 is 0 Å². The molecular weight excluding hydrogens is 354 g/mol. The summed E-state index contributed by atoms with van der Waals surface area (Å²) in [6.45, 7) is 2.90. The number of rotatable bonds is 4. The van der Waals surface area contributed by atoms with Crippen molar-refractivity contribution in [3.05, 3.63) is 65.5 Å². The van der Waals surface area contributed by atoms with Crippen LogP contribution in [-0.2, 0) is 4.79 Å². The lowest BCUT2D eigenvalue weighted by Crippen LogP contribution is -2.48. The Bertz CT molecular complexity index is 1100. The number of carbonyl (C=O) groups excluding carboxylic acids is 1. The molecule has 0 aliphatic carbocycles. The zero-order valence-electron chi connectivity index (χ0n) is 15.4. The van der Waals surface area contributed by atoms with Gasteiger partial charge in [0.2, 0.25) is 5.91 Å². The molecule has 0 saturated carbocycles. The lowest BCUT2D eigenvalue weighted by molar-refractivity contribution is -0.130. The van der Waals surface area contributed by atoms with Gasteiger partial charge in [-0.3, -0.25) is 4.79 Å².